The summed E-state index contributed by atoms with van der Waals surface area (Å²) >= 11 is 0. The zero-order chi connectivity index (χ0) is 13.2. The smallest absolute Gasteiger partial charge is 0.205 e. The number of aryl methyl sites for hydroxylation is 2. The molecular weight excluding hydrogens is 234 g/mol. The first-order chi connectivity index (χ1) is 9.24. The van der Waals surface area contributed by atoms with Crippen molar-refractivity contribution in [2.75, 3.05) is 5.32 Å². The lowest BCUT2D eigenvalue weighted by Crippen LogP contribution is -1.92. The van der Waals surface area contributed by atoms with E-state index in [4.69, 9.17) is 0 Å². The summed E-state index contributed by atoms with van der Waals surface area (Å²) in [4.78, 5) is 7.82. The molecule has 0 amide bonds. The highest BCUT2D eigenvalue weighted by atomic mass is 15.1. The zero-order valence-electron chi connectivity index (χ0n) is 11.2. The normalized spacial score (nSPS) is 10.8. The lowest BCUT2D eigenvalue weighted by molar-refractivity contribution is 1.14. The van der Waals surface area contributed by atoms with E-state index in [9.17, 15) is 0 Å². The zero-order valence-corrected chi connectivity index (χ0v) is 11.2. The van der Waals surface area contributed by atoms with Crippen molar-refractivity contribution in [3.63, 3.8) is 0 Å². The molecule has 2 aromatic carbocycles. The monoisotopic (exact) mass is 251 g/mol. The minimum absolute atomic E-state index is 0.782. The van der Waals surface area contributed by atoms with Gasteiger partial charge in [-0.15, -0.1) is 0 Å². The Bertz CT molecular complexity index is 696. The van der Waals surface area contributed by atoms with E-state index in [0.29, 0.717) is 0 Å². The third-order valence-electron chi connectivity index (χ3n) is 3.26. The average Bonchev–Trinajstić information content (AvgIpc) is 2.81. The number of hydrogen-bond donors (Lipinski definition) is 2. The lowest BCUT2D eigenvalue weighted by atomic mass is 10.1. The molecule has 0 radical (unpaired) electrons. The maximum Gasteiger partial charge on any atom is 0.205 e. The van der Waals surface area contributed by atoms with Gasteiger partial charge < -0.3 is 10.3 Å². The van der Waals surface area contributed by atoms with Crippen molar-refractivity contribution in [1.29, 1.82) is 0 Å². The summed E-state index contributed by atoms with van der Waals surface area (Å²) in [5.41, 5.74) is 5.67. The molecule has 1 aromatic heterocycles. The molecule has 96 valence electrons. The molecule has 3 aromatic rings. The van der Waals surface area contributed by atoms with E-state index in [1.807, 2.05) is 6.07 Å². The molecule has 0 saturated carbocycles. The Kier molecular flexibility index (Phi) is 2.95. The standard InChI is InChI=1S/C16H17N3/c1-3-12-5-7-13(8-6-12)17-16-18-14-9-4-11(2)10-15(14)19-16/h4-10H,3H2,1-2H3,(H2,17,18,19). The number of anilines is 2. The van der Waals surface area contributed by atoms with Crippen LogP contribution in [0, 0.1) is 6.92 Å². The fraction of sp³-hybridized carbons (Fsp3) is 0.188. The number of H-pyrrole nitrogens is 1. The van der Waals surface area contributed by atoms with E-state index in [0.717, 1.165) is 29.1 Å². The molecule has 0 unspecified atom stereocenters. The van der Waals surface area contributed by atoms with Crippen molar-refractivity contribution in [2.24, 2.45) is 0 Å². The van der Waals surface area contributed by atoms with Crippen LogP contribution in [0.2, 0.25) is 0 Å². The van der Waals surface area contributed by atoms with Crippen LogP contribution in [-0.2, 0) is 6.42 Å². The Morgan fingerprint density at radius 2 is 1.89 bits per heavy atom. The van der Waals surface area contributed by atoms with Gasteiger partial charge in [-0.3, -0.25) is 0 Å². The first-order valence-corrected chi connectivity index (χ1v) is 6.57. The second kappa shape index (κ2) is 4.76. The number of hydrogen-bond acceptors (Lipinski definition) is 2. The summed E-state index contributed by atoms with van der Waals surface area (Å²) in [5, 5.41) is 3.30. The van der Waals surface area contributed by atoms with Gasteiger partial charge in [-0.2, -0.15) is 0 Å². The quantitative estimate of drug-likeness (QED) is 0.733. The maximum atomic E-state index is 4.53. The van der Waals surface area contributed by atoms with Gasteiger partial charge in [0.05, 0.1) is 11.0 Å². The van der Waals surface area contributed by atoms with Gasteiger partial charge in [0.15, 0.2) is 0 Å². The predicted molar refractivity (Wildman–Crippen MR) is 79.9 cm³/mol. The van der Waals surface area contributed by atoms with Gasteiger partial charge in [-0.25, -0.2) is 4.98 Å². The Labute approximate surface area is 112 Å². The van der Waals surface area contributed by atoms with Gasteiger partial charge in [-0.1, -0.05) is 25.1 Å². The van der Waals surface area contributed by atoms with E-state index in [2.05, 4.69) is 65.5 Å². The Morgan fingerprint density at radius 3 is 2.63 bits per heavy atom. The van der Waals surface area contributed by atoms with Gasteiger partial charge in [0.1, 0.15) is 0 Å². The maximum absolute atomic E-state index is 4.53. The van der Waals surface area contributed by atoms with Gasteiger partial charge in [0, 0.05) is 5.69 Å². The van der Waals surface area contributed by atoms with E-state index >= 15 is 0 Å². The molecule has 0 aliphatic heterocycles. The van der Waals surface area contributed by atoms with Gasteiger partial charge >= 0.3 is 0 Å². The van der Waals surface area contributed by atoms with Crippen LogP contribution in [0.4, 0.5) is 11.6 Å². The van der Waals surface area contributed by atoms with Crippen molar-refractivity contribution in [3.05, 3.63) is 53.6 Å². The highest BCUT2D eigenvalue weighted by Crippen LogP contribution is 2.19. The van der Waals surface area contributed by atoms with Crippen LogP contribution in [0.5, 0.6) is 0 Å². The highest BCUT2D eigenvalue weighted by Gasteiger charge is 2.03. The number of benzene rings is 2. The van der Waals surface area contributed by atoms with Crippen LogP contribution in [0.3, 0.4) is 0 Å². The molecule has 3 nitrogen and oxygen atoms in total. The van der Waals surface area contributed by atoms with Crippen LogP contribution >= 0.6 is 0 Å². The first kappa shape index (κ1) is 11.8. The average molecular weight is 251 g/mol. The van der Waals surface area contributed by atoms with E-state index in [-0.39, 0.29) is 0 Å². The summed E-state index contributed by atoms with van der Waals surface area (Å²) in [6.07, 6.45) is 1.06. The summed E-state index contributed by atoms with van der Waals surface area (Å²) in [5.74, 6) is 0.782. The molecule has 1 heterocycles. The fourth-order valence-electron chi connectivity index (χ4n) is 2.14. The van der Waals surface area contributed by atoms with Crippen LogP contribution in [-0.4, -0.2) is 9.97 Å². The van der Waals surface area contributed by atoms with Crippen LogP contribution < -0.4 is 5.32 Å². The Balaban J connectivity index is 1.87. The molecular formula is C16H17N3. The molecule has 19 heavy (non-hydrogen) atoms. The molecule has 0 saturated heterocycles. The third kappa shape index (κ3) is 2.45. The van der Waals surface area contributed by atoms with Crippen molar-refractivity contribution in [2.45, 2.75) is 20.3 Å². The number of nitrogens with zero attached hydrogens (tertiary/aromatic N) is 1. The number of fused-ring (bicyclic) bond motifs is 1. The number of aromatic nitrogens is 2. The largest absolute Gasteiger partial charge is 0.326 e. The number of aromatic amines is 1. The van der Waals surface area contributed by atoms with E-state index < -0.39 is 0 Å². The Morgan fingerprint density at radius 1 is 1.11 bits per heavy atom. The van der Waals surface area contributed by atoms with E-state index in [1.54, 1.807) is 0 Å². The van der Waals surface area contributed by atoms with Crippen LogP contribution in [0.25, 0.3) is 11.0 Å². The Hall–Kier alpha value is -2.29. The summed E-state index contributed by atoms with van der Waals surface area (Å²) in [6, 6.07) is 14.6. The molecule has 3 rings (SSSR count). The molecule has 0 fully saturated rings. The van der Waals surface area contributed by atoms with Gasteiger partial charge in [0.25, 0.3) is 0 Å². The minimum atomic E-state index is 0.782. The third-order valence-corrected chi connectivity index (χ3v) is 3.26. The van der Waals surface area contributed by atoms with Crippen LogP contribution in [0.1, 0.15) is 18.1 Å². The number of nitrogens with one attached hydrogen (secondary N) is 2. The molecule has 0 atom stereocenters. The topological polar surface area (TPSA) is 40.7 Å². The summed E-state index contributed by atoms with van der Waals surface area (Å²) in [7, 11) is 0. The lowest BCUT2D eigenvalue weighted by Gasteiger charge is -2.03. The van der Waals surface area contributed by atoms with Gasteiger partial charge in [-0.05, 0) is 48.7 Å². The molecule has 0 bridgehead atoms. The van der Waals surface area contributed by atoms with Crippen molar-refractivity contribution in [3.8, 4) is 0 Å². The number of rotatable bonds is 3. The molecule has 2 N–H and O–H groups in total. The first-order valence-electron chi connectivity index (χ1n) is 6.57. The molecule has 3 heteroatoms. The second-order valence-corrected chi connectivity index (χ2v) is 4.78. The van der Waals surface area contributed by atoms with Crippen LogP contribution in [0.15, 0.2) is 42.5 Å². The molecule has 0 aliphatic carbocycles. The van der Waals surface area contributed by atoms with E-state index in [1.165, 1.54) is 11.1 Å². The second-order valence-electron chi connectivity index (χ2n) is 4.78. The van der Waals surface area contributed by atoms with Crippen molar-refractivity contribution >= 4 is 22.7 Å². The summed E-state index contributed by atoms with van der Waals surface area (Å²) < 4.78 is 0. The molecule has 0 aliphatic rings. The summed E-state index contributed by atoms with van der Waals surface area (Å²) in [6.45, 7) is 4.24. The highest BCUT2D eigenvalue weighted by molar-refractivity contribution is 5.79. The molecule has 0 spiro atoms. The predicted octanol–water partition coefficient (Wildman–Crippen LogP) is 4.18. The SMILES string of the molecule is CCc1ccc(Nc2nc3ccc(C)cc3[nH]2)cc1. The van der Waals surface area contributed by atoms with Crippen molar-refractivity contribution in [1.82, 2.24) is 9.97 Å². The fourth-order valence-corrected chi connectivity index (χ4v) is 2.14. The van der Waals surface area contributed by atoms with Crippen molar-refractivity contribution < 1.29 is 0 Å². The van der Waals surface area contributed by atoms with Gasteiger partial charge in [0.2, 0.25) is 5.95 Å². The minimum Gasteiger partial charge on any atom is -0.326 e. The number of imidazole rings is 1.